The molecule has 0 bridgehead atoms. The standard InChI is InChI=1S/C18H17ClN2O2/c1-11-17(19)18(21-12-4-6-13(22-2)7-5-12)15-10-14(23-3)8-9-16(15)20-11/h4-10H,1-3H3,(H,20,21). The molecular weight excluding hydrogens is 312 g/mol. The topological polar surface area (TPSA) is 43.4 Å². The van der Waals surface area contributed by atoms with Crippen molar-refractivity contribution in [3.63, 3.8) is 0 Å². The Morgan fingerprint density at radius 2 is 1.61 bits per heavy atom. The fourth-order valence-corrected chi connectivity index (χ4v) is 2.60. The highest BCUT2D eigenvalue weighted by Crippen LogP contribution is 2.36. The molecule has 3 rings (SSSR count). The fourth-order valence-electron chi connectivity index (χ4n) is 2.41. The normalized spacial score (nSPS) is 10.6. The molecule has 0 aliphatic heterocycles. The van der Waals surface area contributed by atoms with Gasteiger partial charge in [-0.3, -0.25) is 4.98 Å². The van der Waals surface area contributed by atoms with E-state index in [0.29, 0.717) is 5.02 Å². The van der Waals surface area contributed by atoms with Crippen molar-refractivity contribution >= 4 is 33.9 Å². The van der Waals surface area contributed by atoms with Gasteiger partial charge in [0.15, 0.2) is 0 Å². The van der Waals surface area contributed by atoms with Gasteiger partial charge in [0.05, 0.1) is 36.1 Å². The van der Waals surface area contributed by atoms with Gasteiger partial charge in [-0.15, -0.1) is 0 Å². The highest BCUT2D eigenvalue weighted by Gasteiger charge is 2.12. The number of hydrogen-bond acceptors (Lipinski definition) is 4. The number of nitrogens with zero attached hydrogens (tertiary/aromatic N) is 1. The van der Waals surface area contributed by atoms with E-state index in [-0.39, 0.29) is 0 Å². The second-order valence-electron chi connectivity index (χ2n) is 5.12. The number of halogens is 1. The van der Waals surface area contributed by atoms with Crippen molar-refractivity contribution in [2.75, 3.05) is 19.5 Å². The van der Waals surface area contributed by atoms with Crippen molar-refractivity contribution in [3.05, 3.63) is 53.2 Å². The molecule has 5 heteroatoms. The van der Waals surface area contributed by atoms with E-state index < -0.39 is 0 Å². The van der Waals surface area contributed by atoms with Crippen LogP contribution in [0.15, 0.2) is 42.5 Å². The molecule has 3 aromatic rings. The zero-order chi connectivity index (χ0) is 16.4. The molecule has 0 saturated heterocycles. The lowest BCUT2D eigenvalue weighted by atomic mass is 10.1. The van der Waals surface area contributed by atoms with Crippen LogP contribution in [0.4, 0.5) is 11.4 Å². The number of aromatic nitrogens is 1. The SMILES string of the molecule is COc1ccc(Nc2c(Cl)c(C)nc3ccc(OC)cc23)cc1. The Balaban J connectivity index is 2.11. The molecule has 0 aliphatic carbocycles. The molecule has 0 unspecified atom stereocenters. The van der Waals surface area contributed by atoms with Crippen LogP contribution in [0, 0.1) is 6.92 Å². The molecule has 0 fully saturated rings. The largest absolute Gasteiger partial charge is 0.497 e. The Kier molecular flexibility index (Phi) is 4.26. The quantitative estimate of drug-likeness (QED) is 0.735. The lowest BCUT2D eigenvalue weighted by Crippen LogP contribution is -1.97. The third-order valence-electron chi connectivity index (χ3n) is 3.66. The predicted octanol–water partition coefficient (Wildman–Crippen LogP) is 4.96. The van der Waals surface area contributed by atoms with Crippen LogP contribution in [0.25, 0.3) is 10.9 Å². The summed E-state index contributed by atoms with van der Waals surface area (Å²) in [5.41, 5.74) is 3.38. The monoisotopic (exact) mass is 328 g/mol. The van der Waals surface area contributed by atoms with Gasteiger partial charge in [0, 0.05) is 11.1 Å². The van der Waals surface area contributed by atoms with Gasteiger partial charge in [-0.2, -0.15) is 0 Å². The van der Waals surface area contributed by atoms with E-state index in [9.17, 15) is 0 Å². The highest BCUT2D eigenvalue weighted by molar-refractivity contribution is 6.35. The number of hydrogen-bond donors (Lipinski definition) is 1. The van der Waals surface area contributed by atoms with E-state index in [1.165, 1.54) is 0 Å². The van der Waals surface area contributed by atoms with Crippen molar-refractivity contribution in [3.8, 4) is 11.5 Å². The number of fused-ring (bicyclic) bond motifs is 1. The highest BCUT2D eigenvalue weighted by atomic mass is 35.5. The summed E-state index contributed by atoms with van der Waals surface area (Å²) in [6, 6.07) is 13.4. The van der Waals surface area contributed by atoms with Crippen LogP contribution in [0.5, 0.6) is 11.5 Å². The van der Waals surface area contributed by atoms with E-state index in [2.05, 4.69) is 10.3 Å². The second kappa shape index (κ2) is 6.34. The van der Waals surface area contributed by atoms with Crippen LogP contribution in [0.3, 0.4) is 0 Å². The van der Waals surface area contributed by atoms with E-state index in [4.69, 9.17) is 21.1 Å². The molecule has 2 aromatic carbocycles. The number of anilines is 2. The Labute approximate surface area is 140 Å². The molecule has 1 aromatic heterocycles. The third-order valence-corrected chi connectivity index (χ3v) is 4.12. The van der Waals surface area contributed by atoms with E-state index in [0.717, 1.165) is 39.5 Å². The molecular formula is C18H17ClN2O2. The number of aryl methyl sites for hydroxylation is 1. The molecule has 4 nitrogen and oxygen atoms in total. The molecule has 0 radical (unpaired) electrons. The van der Waals surface area contributed by atoms with Gasteiger partial charge >= 0.3 is 0 Å². The van der Waals surface area contributed by atoms with Crippen LogP contribution >= 0.6 is 11.6 Å². The Morgan fingerprint density at radius 3 is 2.26 bits per heavy atom. The van der Waals surface area contributed by atoms with Gasteiger partial charge in [0.25, 0.3) is 0 Å². The van der Waals surface area contributed by atoms with Crippen LogP contribution in [-0.2, 0) is 0 Å². The van der Waals surface area contributed by atoms with Crippen molar-refractivity contribution in [1.82, 2.24) is 4.98 Å². The van der Waals surface area contributed by atoms with E-state index in [1.807, 2.05) is 49.4 Å². The van der Waals surface area contributed by atoms with Gasteiger partial charge in [-0.1, -0.05) is 11.6 Å². The average molecular weight is 329 g/mol. The molecule has 1 heterocycles. The first-order valence-corrected chi connectivity index (χ1v) is 7.55. The van der Waals surface area contributed by atoms with Gasteiger partial charge in [-0.25, -0.2) is 0 Å². The number of rotatable bonds is 4. The number of ether oxygens (including phenoxy) is 2. The third kappa shape index (κ3) is 3.03. The first-order valence-electron chi connectivity index (χ1n) is 7.17. The van der Waals surface area contributed by atoms with Gasteiger partial charge in [-0.05, 0) is 49.4 Å². The summed E-state index contributed by atoms with van der Waals surface area (Å²) >= 11 is 6.49. The Hall–Kier alpha value is -2.46. The Bertz CT molecular complexity index is 848. The average Bonchev–Trinajstić information content (AvgIpc) is 2.59. The molecule has 1 N–H and O–H groups in total. The number of nitrogens with one attached hydrogen (secondary N) is 1. The minimum absolute atomic E-state index is 0.599. The number of benzene rings is 2. The van der Waals surface area contributed by atoms with E-state index >= 15 is 0 Å². The lowest BCUT2D eigenvalue weighted by molar-refractivity contribution is 0.415. The molecule has 0 saturated carbocycles. The molecule has 0 amide bonds. The smallest absolute Gasteiger partial charge is 0.119 e. The Morgan fingerprint density at radius 1 is 0.957 bits per heavy atom. The predicted molar refractivity (Wildman–Crippen MR) is 94.3 cm³/mol. The summed E-state index contributed by atoms with van der Waals surface area (Å²) in [5, 5.41) is 4.89. The summed E-state index contributed by atoms with van der Waals surface area (Å²) in [6.45, 7) is 1.89. The lowest BCUT2D eigenvalue weighted by Gasteiger charge is -2.14. The van der Waals surface area contributed by atoms with Gasteiger partial charge in [0.2, 0.25) is 0 Å². The summed E-state index contributed by atoms with van der Waals surface area (Å²) in [4.78, 5) is 4.53. The fraction of sp³-hybridized carbons (Fsp3) is 0.167. The zero-order valence-corrected chi connectivity index (χ0v) is 13.9. The van der Waals surface area contributed by atoms with E-state index in [1.54, 1.807) is 14.2 Å². The summed E-state index contributed by atoms with van der Waals surface area (Å²) < 4.78 is 10.5. The summed E-state index contributed by atoms with van der Waals surface area (Å²) in [5.74, 6) is 1.57. The van der Waals surface area contributed by atoms with Crippen molar-refractivity contribution < 1.29 is 9.47 Å². The van der Waals surface area contributed by atoms with Gasteiger partial charge < -0.3 is 14.8 Å². The summed E-state index contributed by atoms with van der Waals surface area (Å²) in [7, 11) is 3.28. The first kappa shape index (κ1) is 15.4. The maximum absolute atomic E-state index is 6.49. The maximum Gasteiger partial charge on any atom is 0.119 e. The summed E-state index contributed by atoms with van der Waals surface area (Å²) in [6.07, 6.45) is 0. The molecule has 0 spiro atoms. The molecule has 118 valence electrons. The van der Waals surface area contributed by atoms with Crippen LogP contribution < -0.4 is 14.8 Å². The number of methoxy groups -OCH3 is 2. The van der Waals surface area contributed by atoms with Crippen molar-refractivity contribution in [1.29, 1.82) is 0 Å². The van der Waals surface area contributed by atoms with Crippen LogP contribution in [-0.4, -0.2) is 19.2 Å². The zero-order valence-electron chi connectivity index (χ0n) is 13.2. The molecule has 0 aliphatic rings. The molecule has 0 atom stereocenters. The second-order valence-corrected chi connectivity index (χ2v) is 5.50. The van der Waals surface area contributed by atoms with Crippen molar-refractivity contribution in [2.24, 2.45) is 0 Å². The number of pyridine rings is 1. The maximum atomic E-state index is 6.49. The van der Waals surface area contributed by atoms with Crippen LogP contribution in [0.1, 0.15) is 5.69 Å². The minimum atomic E-state index is 0.599. The molecule has 23 heavy (non-hydrogen) atoms. The van der Waals surface area contributed by atoms with Crippen molar-refractivity contribution in [2.45, 2.75) is 6.92 Å². The van der Waals surface area contributed by atoms with Crippen LogP contribution in [0.2, 0.25) is 5.02 Å². The van der Waals surface area contributed by atoms with Gasteiger partial charge in [0.1, 0.15) is 11.5 Å². The minimum Gasteiger partial charge on any atom is -0.497 e. The first-order chi connectivity index (χ1) is 11.1.